The highest BCUT2D eigenvalue weighted by atomic mass is 32.1. The van der Waals surface area contributed by atoms with Crippen LogP contribution in [-0.4, -0.2) is 0 Å². The van der Waals surface area contributed by atoms with Crippen LogP contribution >= 0.6 is 79.4 Å². The Labute approximate surface area is 845 Å². The van der Waals surface area contributed by atoms with Crippen molar-refractivity contribution in [3.8, 4) is 77.9 Å². The molecule has 0 amide bonds. The van der Waals surface area contributed by atoms with Crippen LogP contribution in [0.15, 0.2) is 467 Å². The Morgan fingerprint density at radius 3 is 0.743 bits per heavy atom. The Balaban J connectivity index is 0.0000000939. The third-order valence-electron chi connectivity index (χ3n) is 26.4. The summed E-state index contributed by atoms with van der Waals surface area (Å²) in [4.78, 5) is 0. The van der Waals surface area contributed by atoms with Crippen molar-refractivity contribution in [1.82, 2.24) is 0 Å². The molecule has 0 spiro atoms. The first-order valence-corrected chi connectivity index (χ1v) is 53.3. The number of benzene rings is 21. The van der Waals surface area contributed by atoms with Crippen LogP contribution in [0.4, 0.5) is 0 Å². The Kier molecular flexibility index (Phi) is 26.0. The van der Waals surface area contributed by atoms with Crippen molar-refractivity contribution < 1.29 is 0 Å². The van der Waals surface area contributed by atoms with E-state index in [-0.39, 0.29) is 0 Å². The minimum absolute atomic E-state index is 1.28. The third kappa shape index (κ3) is 19.1. The smallest absolute Gasteiger partial charge is 0.0384 e. The molecule has 0 saturated carbocycles. The lowest BCUT2D eigenvalue weighted by Crippen LogP contribution is -1.77. The second-order valence-electron chi connectivity index (χ2n) is 36.1. The fourth-order valence-corrected chi connectivity index (χ4v) is 27.3. The first-order valence-electron chi connectivity index (χ1n) is 47.6. The maximum absolute atomic E-state index is 2.33. The lowest BCUT2D eigenvalue weighted by molar-refractivity contribution is 1.52. The van der Waals surface area contributed by atoms with Crippen molar-refractivity contribution in [2.75, 3.05) is 0 Å². The summed E-state index contributed by atoms with van der Waals surface area (Å²) in [6.45, 7) is 15.2. The molecule has 7 aromatic heterocycles. The second kappa shape index (κ2) is 40.3. The van der Waals surface area contributed by atoms with Crippen molar-refractivity contribution in [2.45, 2.75) is 48.5 Å². The number of hydrogen-bond acceptors (Lipinski definition) is 7. The van der Waals surface area contributed by atoms with Gasteiger partial charge in [-0.15, -0.1) is 79.4 Å². The topological polar surface area (TPSA) is 0 Å². The quantitative estimate of drug-likeness (QED) is 0.149. The molecular weight excluding hydrogens is 1820 g/mol. The van der Waals surface area contributed by atoms with Gasteiger partial charge < -0.3 is 0 Å². The van der Waals surface area contributed by atoms with E-state index in [9.17, 15) is 0 Å². The van der Waals surface area contributed by atoms with Crippen molar-refractivity contribution in [3.05, 3.63) is 506 Å². The molecule has 672 valence electrons. The van der Waals surface area contributed by atoms with Crippen molar-refractivity contribution in [1.29, 1.82) is 0 Å². The van der Waals surface area contributed by atoms with E-state index in [0.29, 0.717) is 0 Å². The lowest BCUT2D eigenvalue weighted by atomic mass is 10.0. The highest BCUT2D eigenvalue weighted by Gasteiger charge is 2.17. The number of hydrogen-bond donors (Lipinski definition) is 0. The summed E-state index contributed by atoms with van der Waals surface area (Å²) >= 11 is 13.2. The van der Waals surface area contributed by atoms with E-state index in [0.717, 1.165) is 0 Å². The summed E-state index contributed by atoms with van der Waals surface area (Å²) in [6, 6.07) is 168. The minimum Gasteiger partial charge on any atom is -0.135 e. The molecule has 0 saturated heterocycles. The summed E-state index contributed by atoms with van der Waals surface area (Å²) in [5, 5.41) is 19.3. The molecule has 7 heterocycles. The molecule has 0 atom stereocenters. The summed E-state index contributed by atoms with van der Waals surface area (Å²) in [5.41, 5.74) is 27.4. The summed E-state index contributed by atoms with van der Waals surface area (Å²) in [5.74, 6) is 0. The third-order valence-corrected chi connectivity index (χ3v) is 34.5. The molecule has 0 bridgehead atoms. The Bertz CT molecular complexity index is 9230. The van der Waals surface area contributed by atoms with Crippen LogP contribution in [0.25, 0.3) is 219 Å². The molecule has 0 unspecified atom stereocenters. The average Bonchev–Trinajstić information content (AvgIpc) is 1.64. The standard InChI is InChI=1S/7C19H14S/c1-13-6-5-9-18-19(13)16-12-15(10-11-17(16)20-18)14-7-3-2-4-8-14;1-13-6-5-9-17-19(13)16-11-10-15(12-18(16)20-17)14-7-3-2-4-8-14;1-13-6-5-9-16-17-12-15(14-7-3-2-4-8-14)10-11-18(17)20-19(13)16;1-13-7-10-18-17(11-13)16-9-8-15(12-19(16)20-18)14-5-3-2-4-6-14;1-13-7-9-18-16(11-13)17-12-15(8-10-19(17)20-18)14-5-3-2-4-6-14;1-13-7-9-16-17-12-15(14-5-3-2-4-6-14)8-10-18(17)20-19(16)11-13;1-13-7-9-16-17-10-8-15(14-5-3-2-4-6-14)12-19(17)20-18(16)11-13/h7*2-12H,1H3. The van der Waals surface area contributed by atoms with Crippen LogP contribution in [0.1, 0.15) is 38.9 Å². The Hall–Kier alpha value is -14.8. The molecule has 0 N–H and O–H groups in total. The average molecular weight is 1920 g/mol. The van der Waals surface area contributed by atoms with Crippen LogP contribution < -0.4 is 0 Å². The van der Waals surface area contributed by atoms with Crippen LogP contribution in [0.3, 0.4) is 0 Å². The van der Waals surface area contributed by atoms with Crippen molar-refractivity contribution in [3.63, 3.8) is 0 Å². The second-order valence-corrected chi connectivity index (χ2v) is 43.7. The zero-order valence-electron chi connectivity index (χ0n) is 78.8. The molecule has 21 aromatic carbocycles. The van der Waals surface area contributed by atoms with Crippen LogP contribution in [0.2, 0.25) is 0 Å². The van der Waals surface area contributed by atoms with Crippen LogP contribution in [0, 0.1) is 48.5 Å². The van der Waals surface area contributed by atoms with E-state index >= 15 is 0 Å². The SMILES string of the molecule is Cc1ccc2c(c1)sc1cc(-c3ccccc3)ccc12.Cc1ccc2c(c1)sc1ccc(-c3ccccc3)cc12.Cc1ccc2sc3cc(-c4ccccc4)ccc3c2c1.Cc1ccc2sc3ccc(-c4ccccc4)cc3c2c1.Cc1cccc2c1sc1ccc(-c3ccccc3)cc12.Cc1cccc2sc3cc(-c4ccccc4)ccc3c12.Cc1cccc2sc3ccc(-c4ccccc4)cc3c12. The molecule has 0 nitrogen and oxygen atoms in total. The highest BCUT2D eigenvalue weighted by Crippen LogP contribution is 2.46. The van der Waals surface area contributed by atoms with Crippen molar-refractivity contribution >= 4 is 221 Å². The summed E-state index contributed by atoms with van der Waals surface area (Å²) < 4.78 is 19.2. The number of aryl methyl sites for hydroxylation is 7. The lowest BCUT2D eigenvalue weighted by Gasteiger charge is -2.02. The largest absolute Gasteiger partial charge is 0.135 e. The zero-order chi connectivity index (χ0) is 94.7. The number of rotatable bonds is 7. The van der Waals surface area contributed by atoms with Crippen LogP contribution in [0.5, 0.6) is 0 Å². The summed E-state index contributed by atoms with van der Waals surface area (Å²) in [7, 11) is 0. The molecule has 28 aromatic rings. The Morgan fingerprint density at radius 2 is 0.343 bits per heavy atom. The van der Waals surface area contributed by atoms with Gasteiger partial charge in [0.15, 0.2) is 0 Å². The van der Waals surface area contributed by atoms with E-state index in [1.54, 1.807) is 0 Å². The predicted molar refractivity (Wildman–Crippen MR) is 627 cm³/mol. The van der Waals surface area contributed by atoms with Crippen LogP contribution in [-0.2, 0) is 0 Å². The van der Waals surface area contributed by atoms with E-state index in [1.165, 1.54) is 258 Å². The van der Waals surface area contributed by atoms with Gasteiger partial charge in [0.1, 0.15) is 0 Å². The molecular formula is C133H98S7. The van der Waals surface area contributed by atoms with Gasteiger partial charge >= 0.3 is 0 Å². The fraction of sp³-hybridized carbons (Fsp3) is 0.0526. The molecule has 0 aliphatic rings. The van der Waals surface area contributed by atoms with Gasteiger partial charge in [-0.1, -0.05) is 363 Å². The maximum atomic E-state index is 2.33. The monoisotopic (exact) mass is 1920 g/mol. The van der Waals surface area contributed by atoms with Gasteiger partial charge in [-0.25, -0.2) is 0 Å². The first-order chi connectivity index (χ1) is 68.7. The number of fused-ring (bicyclic) bond motifs is 21. The number of thiophene rings is 7. The first kappa shape index (κ1) is 90.3. The van der Waals surface area contributed by atoms with Gasteiger partial charge in [-0.3, -0.25) is 0 Å². The molecule has 0 aliphatic carbocycles. The van der Waals surface area contributed by atoms with Gasteiger partial charge in [0.25, 0.3) is 0 Å². The van der Waals surface area contributed by atoms with E-state index in [2.05, 4.69) is 516 Å². The predicted octanol–water partition coefficient (Wildman–Crippen LogP) is 42.2. The van der Waals surface area contributed by atoms with E-state index in [1.807, 2.05) is 79.4 Å². The normalized spacial score (nSPS) is 11.2. The van der Waals surface area contributed by atoms with Gasteiger partial charge in [-0.2, -0.15) is 0 Å². The molecule has 140 heavy (non-hydrogen) atoms. The highest BCUT2D eigenvalue weighted by molar-refractivity contribution is 7.28. The Morgan fingerprint density at radius 1 is 0.114 bits per heavy atom. The molecule has 0 aliphatic heterocycles. The summed E-state index contributed by atoms with van der Waals surface area (Å²) in [6.07, 6.45) is 0. The van der Waals surface area contributed by atoms with Gasteiger partial charge in [0.2, 0.25) is 0 Å². The molecule has 28 rings (SSSR count). The molecule has 7 heteroatoms. The van der Waals surface area contributed by atoms with Crippen molar-refractivity contribution in [2.24, 2.45) is 0 Å². The van der Waals surface area contributed by atoms with Gasteiger partial charge in [0, 0.05) is 141 Å². The zero-order valence-corrected chi connectivity index (χ0v) is 84.5. The van der Waals surface area contributed by atoms with Gasteiger partial charge in [0.05, 0.1) is 0 Å². The minimum atomic E-state index is 1.28. The van der Waals surface area contributed by atoms with E-state index < -0.39 is 0 Å². The van der Waals surface area contributed by atoms with E-state index in [4.69, 9.17) is 0 Å². The fourth-order valence-electron chi connectivity index (χ4n) is 19.2. The van der Waals surface area contributed by atoms with Gasteiger partial charge in [-0.05, 0) is 269 Å². The maximum Gasteiger partial charge on any atom is 0.0384 e. The molecule has 0 fully saturated rings. The molecule has 0 radical (unpaired) electrons.